The lowest BCUT2D eigenvalue weighted by Gasteiger charge is -2.03. The molecule has 3 rings (SSSR count). The highest BCUT2D eigenvalue weighted by atomic mass is 35.5. The Morgan fingerprint density at radius 3 is 2.63 bits per heavy atom. The van der Waals surface area contributed by atoms with Crippen molar-refractivity contribution < 1.29 is 14.7 Å². The van der Waals surface area contributed by atoms with E-state index in [1.807, 2.05) is 30.3 Å². The molecule has 0 bridgehead atoms. The SMILES string of the molecule is OCc1c(O)c(Cl)cc2c(-c3ccccc3)noc12. The molecule has 0 saturated heterocycles. The molecule has 19 heavy (non-hydrogen) atoms. The summed E-state index contributed by atoms with van der Waals surface area (Å²) in [4.78, 5) is 0. The fraction of sp³-hybridized carbons (Fsp3) is 0.0714. The number of fused-ring (bicyclic) bond motifs is 1. The Morgan fingerprint density at radius 1 is 1.21 bits per heavy atom. The Bertz CT molecular complexity index is 737. The number of aliphatic hydroxyl groups excluding tert-OH is 1. The average Bonchev–Trinajstić information content (AvgIpc) is 2.84. The van der Waals surface area contributed by atoms with E-state index in [1.165, 1.54) is 0 Å². The summed E-state index contributed by atoms with van der Waals surface area (Å²) in [7, 11) is 0. The van der Waals surface area contributed by atoms with Gasteiger partial charge in [0.1, 0.15) is 11.4 Å². The van der Waals surface area contributed by atoms with E-state index in [9.17, 15) is 10.2 Å². The van der Waals surface area contributed by atoms with Crippen molar-refractivity contribution in [2.75, 3.05) is 0 Å². The van der Waals surface area contributed by atoms with Crippen LogP contribution in [-0.4, -0.2) is 15.4 Å². The molecule has 0 unspecified atom stereocenters. The number of hydrogen-bond donors (Lipinski definition) is 2. The number of aromatic hydroxyl groups is 1. The maximum absolute atomic E-state index is 9.80. The van der Waals surface area contributed by atoms with Crippen LogP contribution in [0.3, 0.4) is 0 Å². The predicted octanol–water partition coefficient (Wildman–Crippen LogP) is 3.35. The van der Waals surface area contributed by atoms with Crippen LogP contribution in [0, 0.1) is 0 Å². The van der Waals surface area contributed by atoms with Gasteiger partial charge in [0.25, 0.3) is 0 Å². The molecule has 0 spiro atoms. The van der Waals surface area contributed by atoms with Crippen LogP contribution < -0.4 is 0 Å². The monoisotopic (exact) mass is 275 g/mol. The Labute approximate surface area is 113 Å². The van der Waals surface area contributed by atoms with Gasteiger partial charge < -0.3 is 14.7 Å². The van der Waals surface area contributed by atoms with Crippen LogP contribution in [0.2, 0.25) is 5.02 Å². The molecule has 0 radical (unpaired) electrons. The second-order valence-corrected chi connectivity index (χ2v) is 4.52. The molecule has 4 nitrogen and oxygen atoms in total. The predicted molar refractivity (Wildman–Crippen MR) is 72.0 cm³/mol. The molecular weight excluding hydrogens is 266 g/mol. The van der Waals surface area contributed by atoms with Crippen LogP contribution in [-0.2, 0) is 6.61 Å². The topological polar surface area (TPSA) is 66.5 Å². The normalized spacial score (nSPS) is 11.1. The van der Waals surface area contributed by atoms with Gasteiger partial charge in [-0.3, -0.25) is 0 Å². The number of phenols is 1. The second-order valence-electron chi connectivity index (χ2n) is 4.12. The highest BCUT2D eigenvalue weighted by Gasteiger charge is 2.18. The van der Waals surface area contributed by atoms with Gasteiger partial charge in [0.05, 0.1) is 22.6 Å². The first-order valence-corrected chi connectivity index (χ1v) is 6.06. The number of aliphatic hydroxyl groups is 1. The highest BCUT2D eigenvalue weighted by Crippen LogP contribution is 2.38. The number of hydrogen-bond acceptors (Lipinski definition) is 4. The zero-order valence-corrected chi connectivity index (χ0v) is 10.6. The summed E-state index contributed by atoms with van der Waals surface area (Å²) >= 11 is 5.96. The third-order valence-corrected chi connectivity index (χ3v) is 3.28. The second kappa shape index (κ2) is 4.57. The summed E-state index contributed by atoms with van der Waals surface area (Å²) in [6.07, 6.45) is 0. The molecule has 0 saturated carbocycles. The number of benzene rings is 2. The fourth-order valence-electron chi connectivity index (χ4n) is 2.05. The highest BCUT2D eigenvalue weighted by molar-refractivity contribution is 6.33. The third kappa shape index (κ3) is 1.85. The summed E-state index contributed by atoms with van der Waals surface area (Å²) in [5, 5.41) is 23.9. The van der Waals surface area contributed by atoms with Crippen molar-refractivity contribution in [1.82, 2.24) is 5.16 Å². The van der Waals surface area contributed by atoms with Crippen molar-refractivity contribution >= 4 is 22.6 Å². The van der Waals surface area contributed by atoms with E-state index in [0.29, 0.717) is 16.7 Å². The number of nitrogens with zero attached hydrogens (tertiary/aromatic N) is 1. The average molecular weight is 276 g/mol. The van der Waals surface area contributed by atoms with Gasteiger partial charge in [0.2, 0.25) is 0 Å². The van der Waals surface area contributed by atoms with E-state index in [4.69, 9.17) is 16.1 Å². The standard InChI is InChI=1S/C14H10ClNO3/c15-11-6-9-12(8-4-2-1-3-5-8)16-19-14(9)10(7-17)13(11)18/h1-6,17-18H,7H2. The summed E-state index contributed by atoms with van der Waals surface area (Å²) in [5.41, 5.74) is 2.11. The van der Waals surface area contributed by atoms with E-state index >= 15 is 0 Å². The van der Waals surface area contributed by atoms with Crippen molar-refractivity contribution in [3.05, 3.63) is 47.0 Å². The summed E-state index contributed by atoms with van der Waals surface area (Å²) in [5.74, 6) is -0.174. The molecule has 96 valence electrons. The van der Waals surface area contributed by atoms with Crippen LogP contribution in [0.15, 0.2) is 40.9 Å². The van der Waals surface area contributed by atoms with E-state index in [1.54, 1.807) is 6.07 Å². The van der Waals surface area contributed by atoms with E-state index in [2.05, 4.69) is 5.16 Å². The van der Waals surface area contributed by atoms with Crippen molar-refractivity contribution in [3.8, 4) is 17.0 Å². The van der Waals surface area contributed by atoms with Crippen LogP contribution in [0.4, 0.5) is 0 Å². The van der Waals surface area contributed by atoms with Gasteiger partial charge in [0.15, 0.2) is 5.58 Å². The van der Waals surface area contributed by atoms with E-state index < -0.39 is 0 Å². The lowest BCUT2D eigenvalue weighted by molar-refractivity contribution is 0.274. The molecule has 5 heteroatoms. The molecule has 3 aromatic rings. The van der Waals surface area contributed by atoms with Gasteiger partial charge in [-0.1, -0.05) is 47.1 Å². The first-order chi connectivity index (χ1) is 9.22. The number of aromatic nitrogens is 1. The van der Waals surface area contributed by atoms with Crippen molar-refractivity contribution in [2.24, 2.45) is 0 Å². The summed E-state index contributed by atoms with van der Waals surface area (Å²) < 4.78 is 5.23. The largest absolute Gasteiger partial charge is 0.506 e. The maximum atomic E-state index is 9.80. The molecule has 1 aromatic heterocycles. The molecule has 0 fully saturated rings. The molecule has 2 N–H and O–H groups in total. The van der Waals surface area contributed by atoms with Crippen LogP contribution in [0.5, 0.6) is 5.75 Å². The molecule has 2 aromatic carbocycles. The Kier molecular flexibility index (Phi) is 2.89. The van der Waals surface area contributed by atoms with Crippen molar-refractivity contribution in [1.29, 1.82) is 0 Å². The zero-order chi connectivity index (χ0) is 13.4. The third-order valence-electron chi connectivity index (χ3n) is 2.99. The van der Waals surface area contributed by atoms with Gasteiger partial charge in [-0.15, -0.1) is 0 Å². The van der Waals surface area contributed by atoms with Crippen LogP contribution >= 0.6 is 11.6 Å². The fourth-order valence-corrected chi connectivity index (χ4v) is 2.27. The Morgan fingerprint density at radius 2 is 1.95 bits per heavy atom. The maximum Gasteiger partial charge on any atom is 0.176 e. The molecular formula is C14H10ClNO3. The van der Waals surface area contributed by atoms with Crippen LogP contribution in [0.25, 0.3) is 22.2 Å². The summed E-state index contributed by atoms with van der Waals surface area (Å²) in [6.45, 7) is -0.369. The molecule has 1 heterocycles. The molecule has 0 amide bonds. The zero-order valence-electron chi connectivity index (χ0n) is 9.80. The lowest BCUT2D eigenvalue weighted by Crippen LogP contribution is -1.86. The van der Waals surface area contributed by atoms with E-state index in [-0.39, 0.29) is 22.9 Å². The molecule has 0 atom stereocenters. The lowest BCUT2D eigenvalue weighted by atomic mass is 10.1. The van der Waals surface area contributed by atoms with Gasteiger partial charge in [-0.25, -0.2) is 0 Å². The van der Waals surface area contributed by atoms with Crippen molar-refractivity contribution in [2.45, 2.75) is 6.61 Å². The van der Waals surface area contributed by atoms with Gasteiger partial charge >= 0.3 is 0 Å². The van der Waals surface area contributed by atoms with Crippen LogP contribution in [0.1, 0.15) is 5.56 Å². The minimum absolute atomic E-state index is 0.164. The minimum atomic E-state index is -0.369. The number of rotatable bonds is 2. The Hall–Kier alpha value is -2.04. The molecule has 0 aliphatic heterocycles. The van der Waals surface area contributed by atoms with Gasteiger partial charge in [-0.05, 0) is 6.07 Å². The van der Waals surface area contributed by atoms with E-state index in [0.717, 1.165) is 5.56 Å². The molecule has 0 aliphatic rings. The quantitative estimate of drug-likeness (QED) is 0.753. The smallest absolute Gasteiger partial charge is 0.176 e. The Balaban J connectivity index is 2.33. The summed E-state index contributed by atoms with van der Waals surface area (Å²) in [6, 6.07) is 11.1. The first kappa shape index (κ1) is 12.0. The minimum Gasteiger partial charge on any atom is -0.506 e. The molecule has 0 aliphatic carbocycles. The van der Waals surface area contributed by atoms with Crippen molar-refractivity contribution in [3.63, 3.8) is 0 Å². The van der Waals surface area contributed by atoms with Gasteiger partial charge in [-0.2, -0.15) is 0 Å². The number of halogens is 1. The van der Waals surface area contributed by atoms with Gasteiger partial charge in [0, 0.05) is 5.56 Å². The first-order valence-electron chi connectivity index (χ1n) is 5.68.